The zero-order chi connectivity index (χ0) is 12.4. The number of hydrogen-bond donors (Lipinski definition) is 1. The van der Waals surface area contributed by atoms with Crippen LogP contribution < -0.4 is 5.73 Å². The van der Waals surface area contributed by atoms with E-state index in [0.29, 0.717) is 6.61 Å². The molecule has 5 heteroatoms. The highest BCUT2D eigenvalue weighted by Crippen LogP contribution is 2.00. The summed E-state index contributed by atoms with van der Waals surface area (Å²) in [6.45, 7) is 4.26. The molecule has 5 nitrogen and oxygen atoms in total. The number of nitrogens with two attached hydrogens (primary N) is 1. The molecule has 0 rings (SSSR count). The Balaban J connectivity index is 4.07. The minimum atomic E-state index is -0.700. The number of rotatable bonds is 8. The number of esters is 1. The molecule has 0 unspecified atom stereocenters. The fourth-order valence-electron chi connectivity index (χ4n) is 0.973. The van der Waals surface area contributed by atoms with Crippen LogP contribution in [0.1, 0.15) is 26.7 Å². The molecule has 0 amide bonds. The Morgan fingerprint density at radius 3 is 2.50 bits per heavy atom. The average Bonchev–Trinajstić information content (AvgIpc) is 2.26. The number of unbranched alkanes of at least 4 members (excludes halogenated alkanes) is 1. The van der Waals surface area contributed by atoms with Gasteiger partial charge in [0, 0.05) is 12.8 Å². The van der Waals surface area contributed by atoms with Crippen LogP contribution in [0.15, 0.2) is 11.8 Å². The Hall–Kier alpha value is -1.36. The number of carbonyl (C=O) groups is 2. The molecule has 0 atom stereocenters. The smallest absolute Gasteiger partial charge is 0.343 e. The molecule has 0 heterocycles. The van der Waals surface area contributed by atoms with Crippen molar-refractivity contribution in [3.05, 3.63) is 11.8 Å². The van der Waals surface area contributed by atoms with E-state index >= 15 is 0 Å². The maximum Gasteiger partial charge on any atom is 0.343 e. The lowest BCUT2D eigenvalue weighted by Crippen LogP contribution is -2.21. The summed E-state index contributed by atoms with van der Waals surface area (Å²) in [5.74, 6) is -1.15. The van der Waals surface area contributed by atoms with Crippen molar-refractivity contribution >= 4 is 11.8 Å². The Bertz CT molecular complexity index is 261. The van der Waals surface area contributed by atoms with Gasteiger partial charge in [0.2, 0.25) is 0 Å². The molecule has 0 aliphatic rings. The van der Waals surface area contributed by atoms with Crippen molar-refractivity contribution in [3.8, 4) is 0 Å². The van der Waals surface area contributed by atoms with Crippen LogP contribution in [0.4, 0.5) is 0 Å². The molecular weight excluding hydrogens is 210 g/mol. The third-order valence-electron chi connectivity index (χ3n) is 1.84. The maximum absolute atomic E-state index is 11.5. The number of hydrogen-bond acceptors (Lipinski definition) is 5. The minimum Gasteiger partial charge on any atom is -0.462 e. The van der Waals surface area contributed by atoms with Crippen LogP contribution in [0.3, 0.4) is 0 Å². The first-order valence-corrected chi connectivity index (χ1v) is 5.37. The van der Waals surface area contributed by atoms with Crippen LogP contribution in [0, 0.1) is 0 Å². The summed E-state index contributed by atoms with van der Waals surface area (Å²) in [7, 11) is 0. The lowest BCUT2D eigenvalue weighted by molar-refractivity contribution is -0.140. The van der Waals surface area contributed by atoms with Crippen molar-refractivity contribution in [2.45, 2.75) is 26.7 Å². The lowest BCUT2D eigenvalue weighted by atomic mass is 10.2. The van der Waals surface area contributed by atoms with Gasteiger partial charge in [0.15, 0.2) is 5.78 Å². The van der Waals surface area contributed by atoms with Crippen LogP contribution >= 0.6 is 0 Å². The molecule has 0 bridgehead atoms. The van der Waals surface area contributed by atoms with E-state index in [-0.39, 0.29) is 18.8 Å². The average molecular weight is 229 g/mol. The third-order valence-corrected chi connectivity index (χ3v) is 1.84. The Morgan fingerprint density at radius 1 is 1.31 bits per heavy atom. The summed E-state index contributed by atoms with van der Waals surface area (Å²) in [5.41, 5.74) is 5.04. The fraction of sp³-hybridized carbons (Fsp3) is 0.636. The molecule has 0 aromatic carbocycles. The van der Waals surface area contributed by atoms with Gasteiger partial charge in [-0.05, 0) is 13.3 Å². The lowest BCUT2D eigenvalue weighted by Gasteiger charge is -2.05. The number of ether oxygens (including phenoxy) is 2. The molecule has 0 saturated heterocycles. The van der Waals surface area contributed by atoms with E-state index in [1.54, 1.807) is 6.92 Å². The molecule has 0 spiro atoms. The highest BCUT2D eigenvalue weighted by Gasteiger charge is 2.18. The molecule has 92 valence electrons. The van der Waals surface area contributed by atoms with Gasteiger partial charge in [-0.15, -0.1) is 0 Å². The first-order valence-electron chi connectivity index (χ1n) is 5.37. The summed E-state index contributed by atoms with van der Waals surface area (Å²) in [6.07, 6.45) is 2.84. The Labute approximate surface area is 95.6 Å². The Kier molecular flexibility index (Phi) is 8.15. The van der Waals surface area contributed by atoms with E-state index in [9.17, 15) is 9.59 Å². The molecule has 0 radical (unpaired) electrons. The first kappa shape index (κ1) is 14.6. The fourth-order valence-corrected chi connectivity index (χ4v) is 0.973. The van der Waals surface area contributed by atoms with Gasteiger partial charge in [0.25, 0.3) is 0 Å². The van der Waals surface area contributed by atoms with Crippen LogP contribution in [-0.4, -0.2) is 31.6 Å². The van der Waals surface area contributed by atoms with E-state index in [4.69, 9.17) is 10.5 Å². The van der Waals surface area contributed by atoms with Crippen molar-refractivity contribution < 1.29 is 19.1 Å². The van der Waals surface area contributed by atoms with E-state index in [0.717, 1.165) is 19.0 Å². The van der Waals surface area contributed by atoms with Crippen molar-refractivity contribution in [3.63, 3.8) is 0 Å². The standard InChI is InChI=1S/C11H19NO4/c1-3-5-6-15-8-10(13)9(7-12)11(14)16-4-2/h7H,3-6,8,12H2,1-2H3. The number of carbonyl (C=O) groups excluding carboxylic acids is 2. The van der Waals surface area contributed by atoms with Gasteiger partial charge in [-0.3, -0.25) is 4.79 Å². The number of Topliss-reactive ketones (excluding diaryl/α,β-unsaturated/α-hetero) is 1. The summed E-state index contributed by atoms with van der Waals surface area (Å²) in [5, 5.41) is 0. The Morgan fingerprint density at radius 2 is 2.00 bits per heavy atom. The normalized spacial score (nSPS) is 11.2. The summed E-state index contributed by atoms with van der Waals surface area (Å²) >= 11 is 0. The largest absolute Gasteiger partial charge is 0.462 e. The topological polar surface area (TPSA) is 78.6 Å². The molecule has 2 N–H and O–H groups in total. The highest BCUT2D eigenvalue weighted by atomic mass is 16.5. The van der Waals surface area contributed by atoms with Gasteiger partial charge in [-0.1, -0.05) is 13.3 Å². The molecule has 0 fully saturated rings. The predicted molar refractivity (Wildman–Crippen MR) is 59.6 cm³/mol. The number of ketones is 1. The third kappa shape index (κ3) is 5.50. The monoisotopic (exact) mass is 229 g/mol. The first-order chi connectivity index (χ1) is 7.67. The zero-order valence-corrected chi connectivity index (χ0v) is 9.82. The molecule has 0 saturated carbocycles. The van der Waals surface area contributed by atoms with E-state index in [2.05, 4.69) is 4.74 Å². The SMILES string of the molecule is CCCCOCC(=O)C(=CN)C(=O)OCC. The van der Waals surface area contributed by atoms with Gasteiger partial charge >= 0.3 is 5.97 Å². The second-order valence-corrected chi connectivity index (χ2v) is 3.13. The molecule has 0 aromatic heterocycles. The molecule has 16 heavy (non-hydrogen) atoms. The maximum atomic E-state index is 11.5. The van der Waals surface area contributed by atoms with Crippen molar-refractivity contribution in [1.82, 2.24) is 0 Å². The van der Waals surface area contributed by atoms with Crippen molar-refractivity contribution in [1.29, 1.82) is 0 Å². The molecule has 0 aliphatic heterocycles. The zero-order valence-electron chi connectivity index (χ0n) is 9.82. The van der Waals surface area contributed by atoms with Gasteiger partial charge in [0.05, 0.1) is 6.61 Å². The van der Waals surface area contributed by atoms with E-state index < -0.39 is 11.8 Å². The van der Waals surface area contributed by atoms with E-state index in [1.807, 2.05) is 6.92 Å². The molecular formula is C11H19NO4. The van der Waals surface area contributed by atoms with Crippen LogP contribution in [-0.2, 0) is 19.1 Å². The van der Waals surface area contributed by atoms with Crippen LogP contribution in [0.2, 0.25) is 0 Å². The van der Waals surface area contributed by atoms with E-state index in [1.165, 1.54) is 0 Å². The van der Waals surface area contributed by atoms with Gasteiger partial charge in [-0.2, -0.15) is 0 Å². The minimum absolute atomic E-state index is 0.137. The van der Waals surface area contributed by atoms with Crippen molar-refractivity contribution in [2.75, 3.05) is 19.8 Å². The van der Waals surface area contributed by atoms with Crippen LogP contribution in [0.5, 0.6) is 0 Å². The van der Waals surface area contributed by atoms with Gasteiger partial charge in [-0.25, -0.2) is 4.79 Å². The van der Waals surface area contributed by atoms with Crippen LogP contribution in [0.25, 0.3) is 0 Å². The summed E-state index contributed by atoms with van der Waals surface area (Å²) < 4.78 is 9.77. The summed E-state index contributed by atoms with van der Waals surface area (Å²) in [4.78, 5) is 22.7. The van der Waals surface area contributed by atoms with Crippen molar-refractivity contribution in [2.24, 2.45) is 5.73 Å². The second-order valence-electron chi connectivity index (χ2n) is 3.13. The highest BCUT2D eigenvalue weighted by molar-refractivity contribution is 6.17. The molecule has 0 aliphatic carbocycles. The second kappa shape index (κ2) is 8.91. The summed E-state index contributed by atoms with van der Waals surface area (Å²) in [6, 6.07) is 0. The van der Waals surface area contributed by atoms with Gasteiger partial charge in [0.1, 0.15) is 12.2 Å². The van der Waals surface area contributed by atoms with Gasteiger partial charge < -0.3 is 15.2 Å². The molecule has 0 aromatic rings. The quantitative estimate of drug-likeness (QED) is 0.219. The predicted octanol–water partition coefficient (Wildman–Crippen LogP) is 0.778.